The van der Waals surface area contributed by atoms with Gasteiger partial charge in [-0.25, -0.2) is 0 Å². The van der Waals surface area contributed by atoms with Crippen molar-refractivity contribution in [3.05, 3.63) is 48.3 Å². The molecule has 1 aromatic carbocycles. The molecule has 0 amide bonds. The number of nitrogens with two attached hydrogens (primary N) is 1. The van der Waals surface area contributed by atoms with Gasteiger partial charge in [-0.1, -0.05) is 18.2 Å². The second-order valence-corrected chi connectivity index (χ2v) is 3.28. The monoisotopic (exact) mass is 184 g/mol. The molecule has 0 radical (unpaired) electrons. The minimum absolute atomic E-state index is 0.807. The summed E-state index contributed by atoms with van der Waals surface area (Å²) in [6, 6.07) is 9.86. The van der Waals surface area contributed by atoms with Crippen LogP contribution in [-0.2, 0) is 0 Å². The fraction of sp³-hybridized carbons (Fsp3) is 0.0833. The van der Waals surface area contributed by atoms with Crippen LogP contribution in [0.1, 0.15) is 5.56 Å². The highest BCUT2D eigenvalue weighted by Gasteiger charge is 2.03. The maximum absolute atomic E-state index is 5.90. The highest BCUT2D eigenvalue weighted by atomic mass is 14.6. The molecular formula is C12H12N2. The fourth-order valence-corrected chi connectivity index (χ4v) is 1.52. The Kier molecular flexibility index (Phi) is 2.19. The van der Waals surface area contributed by atoms with Gasteiger partial charge in [0.05, 0.1) is 0 Å². The van der Waals surface area contributed by atoms with Gasteiger partial charge >= 0.3 is 0 Å². The first-order chi connectivity index (χ1) is 6.79. The molecule has 0 atom stereocenters. The van der Waals surface area contributed by atoms with E-state index in [0.717, 1.165) is 22.4 Å². The number of aryl methyl sites for hydroxylation is 1. The standard InChI is InChI=1S/C12H12N2/c1-9-8-14-7-6-10(9)11-4-2-3-5-12(11)13/h2-8H,13H2,1H3. The molecule has 2 heteroatoms. The molecule has 14 heavy (non-hydrogen) atoms. The molecule has 2 rings (SSSR count). The Morgan fingerprint density at radius 3 is 2.57 bits per heavy atom. The summed E-state index contributed by atoms with van der Waals surface area (Å²) in [5.74, 6) is 0. The van der Waals surface area contributed by atoms with Gasteiger partial charge in [0.15, 0.2) is 0 Å². The van der Waals surface area contributed by atoms with Crippen LogP contribution in [0.4, 0.5) is 5.69 Å². The van der Waals surface area contributed by atoms with E-state index in [4.69, 9.17) is 5.73 Å². The molecule has 0 aliphatic rings. The lowest BCUT2D eigenvalue weighted by atomic mass is 10.0. The molecule has 0 spiro atoms. The van der Waals surface area contributed by atoms with E-state index < -0.39 is 0 Å². The molecule has 70 valence electrons. The summed E-state index contributed by atoms with van der Waals surface area (Å²) in [6.45, 7) is 2.04. The Hall–Kier alpha value is -1.83. The Morgan fingerprint density at radius 2 is 1.86 bits per heavy atom. The lowest BCUT2D eigenvalue weighted by Crippen LogP contribution is -1.91. The van der Waals surface area contributed by atoms with Crippen molar-refractivity contribution in [1.82, 2.24) is 4.98 Å². The van der Waals surface area contributed by atoms with Gasteiger partial charge in [-0.3, -0.25) is 4.98 Å². The van der Waals surface area contributed by atoms with E-state index in [0.29, 0.717) is 0 Å². The molecule has 2 aromatic rings. The van der Waals surface area contributed by atoms with Crippen molar-refractivity contribution < 1.29 is 0 Å². The largest absolute Gasteiger partial charge is 0.398 e. The van der Waals surface area contributed by atoms with E-state index in [1.807, 2.05) is 43.5 Å². The van der Waals surface area contributed by atoms with Crippen LogP contribution < -0.4 is 5.73 Å². The Bertz CT molecular complexity index is 406. The van der Waals surface area contributed by atoms with Gasteiger partial charge in [0.25, 0.3) is 0 Å². The molecule has 0 aliphatic heterocycles. The first-order valence-corrected chi connectivity index (χ1v) is 4.54. The number of pyridine rings is 1. The third kappa shape index (κ3) is 1.46. The highest BCUT2D eigenvalue weighted by Crippen LogP contribution is 2.27. The van der Waals surface area contributed by atoms with Crippen LogP contribution in [0, 0.1) is 6.92 Å². The van der Waals surface area contributed by atoms with E-state index >= 15 is 0 Å². The Balaban J connectivity index is 2.61. The number of benzene rings is 1. The van der Waals surface area contributed by atoms with Crippen LogP contribution in [0.25, 0.3) is 11.1 Å². The molecule has 0 saturated carbocycles. The van der Waals surface area contributed by atoms with Crippen LogP contribution >= 0.6 is 0 Å². The van der Waals surface area contributed by atoms with Crippen LogP contribution in [-0.4, -0.2) is 4.98 Å². The Labute approximate surface area is 83.4 Å². The van der Waals surface area contributed by atoms with Gasteiger partial charge in [-0.15, -0.1) is 0 Å². The average molecular weight is 184 g/mol. The highest BCUT2D eigenvalue weighted by molar-refractivity contribution is 5.77. The third-order valence-corrected chi connectivity index (χ3v) is 2.27. The van der Waals surface area contributed by atoms with Gasteiger partial charge < -0.3 is 5.73 Å². The SMILES string of the molecule is Cc1cnccc1-c1ccccc1N. The zero-order valence-electron chi connectivity index (χ0n) is 8.07. The smallest absolute Gasteiger partial charge is 0.0393 e. The molecule has 0 aliphatic carbocycles. The molecule has 0 bridgehead atoms. The predicted octanol–water partition coefficient (Wildman–Crippen LogP) is 2.64. The van der Waals surface area contributed by atoms with E-state index in [1.54, 1.807) is 6.20 Å². The molecule has 1 aromatic heterocycles. The van der Waals surface area contributed by atoms with Crippen molar-refractivity contribution >= 4 is 5.69 Å². The van der Waals surface area contributed by atoms with Gasteiger partial charge in [0, 0.05) is 23.6 Å². The summed E-state index contributed by atoms with van der Waals surface area (Å²) < 4.78 is 0. The minimum Gasteiger partial charge on any atom is -0.398 e. The molecule has 0 unspecified atom stereocenters. The van der Waals surface area contributed by atoms with Crippen molar-refractivity contribution in [2.45, 2.75) is 6.92 Å². The molecule has 2 N–H and O–H groups in total. The fourth-order valence-electron chi connectivity index (χ4n) is 1.52. The lowest BCUT2D eigenvalue weighted by Gasteiger charge is -2.07. The summed E-state index contributed by atoms with van der Waals surface area (Å²) in [6.07, 6.45) is 3.64. The molecule has 2 nitrogen and oxygen atoms in total. The van der Waals surface area contributed by atoms with E-state index in [9.17, 15) is 0 Å². The zero-order valence-corrected chi connectivity index (χ0v) is 8.07. The van der Waals surface area contributed by atoms with Crippen molar-refractivity contribution in [2.75, 3.05) is 5.73 Å². The number of hydrogen-bond acceptors (Lipinski definition) is 2. The summed E-state index contributed by atoms with van der Waals surface area (Å²) in [4.78, 5) is 4.06. The van der Waals surface area contributed by atoms with Crippen LogP contribution in [0.5, 0.6) is 0 Å². The number of rotatable bonds is 1. The third-order valence-electron chi connectivity index (χ3n) is 2.27. The van der Waals surface area contributed by atoms with Crippen molar-refractivity contribution in [3.8, 4) is 11.1 Å². The second kappa shape index (κ2) is 3.50. The van der Waals surface area contributed by atoms with E-state index in [1.165, 1.54) is 0 Å². The summed E-state index contributed by atoms with van der Waals surface area (Å²) in [7, 11) is 0. The van der Waals surface area contributed by atoms with Gasteiger partial charge in [0.2, 0.25) is 0 Å². The van der Waals surface area contributed by atoms with Crippen molar-refractivity contribution in [2.24, 2.45) is 0 Å². The number of anilines is 1. The number of nitrogens with zero attached hydrogens (tertiary/aromatic N) is 1. The summed E-state index contributed by atoms with van der Waals surface area (Å²) >= 11 is 0. The molecule has 0 fully saturated rings. The van der Waals surface area contributed by atoms with Gasteiger partial charge in [-0.05, 0) is 30.2 Å². The number of hydrogen-bond donors (Lipinski definition) is 1. The van der Waals surface area contributed by atoms with E-state index in [-0.39, 0.29) is 0 Å². The normalized spacial score (nSPS) is 10.1. The van der Waals surface area contributed by atoms with Gasteiger partial charge in [0.1, 0.15) is 0 Å². The average Bonchev–Trinajstić information content (AvgIpc) is 2.20. The zero-order chi connectivity index (χ0) is 9.97. The van der Waals surface area contributed by atoms with Crippen LogP contribution in [0.2, 0.25) is 0 Å². The first kappa shape index (κ1) is 8.75. The molecular weight excluding hydrogens is 172 g/mol. The number of nitrogen functional groups attached to an aromatic ring is 1. The predicted molar refractivity (Wildman–Crippen MR) is 58.8 cm³/mol. The Morgan fingerprint density at radius 1 is 1.07 bits per heavy atom. The summed E-state index contributed by atoms with van der Waals surface area (Å²) in [5.41, 5.74) is 10.1. The number of para-hydroxylation sites is 1. The molecule has 0 saturated heterocycles. The van der Waals surface area contributed by atoms with Crippen LogP contribution in [0.3, 0.4) is 0 Å². The quantitative estimate of drug-likeness (QED) is 0.692. The van der Waals surface area contributed by atoms with Crippen molar-refractivity contribution in [3.63, 3.8) is 0 Å². The topological polar surface area (TPSA) is 38.9 Å². The lowest BCUT2D eigenvalue weighted by molar-refractivity contribution is 1.27. The first-order valence-electron chi connectivity index (χ1n) is 4.54. The van der Waals surface area contributed by atoms with Crippen LogP contribution in [0.15, 0.2) is 42.7 Å². The maximum atomic E-state index is 5.90. The van der Waals surface area contributed by atoms with E-state index in [2.05, 4.69) is 4.98 Å². The number of aromatic nitrogens is 1. The van der Waals surface area contributed by atoms with Gasteiger partial charge in [-0.2, -0.15) is 0 Å². The molecule has 1 heterocycles. The maximum Gasteiger partial charge on any atom is 0.0393 e. The van der Waals surface area contributed by atoms with Crippen molar-refractivity contribution in [1.29, 1.82) is 0 Å². The summed E-state index contributed by atoms with van der Waals surface area (Å²) in [5, 5.41) is 0. The second-order valence-electron chi connectivity index (χ2n) is 3.28. The minimum atomic E-state index is 0.807.